The molecule has 0 radical (unpaired) electrons. The van der Waals surface area contributed by atoms with Crippen LogP contribution in [-0.2, 0) is 6.61 Å². The molecule has 1 aromatic heterocycles. The second-order valence-electron chi connectivity index (χ2n) is 4.19. The summed E-state index contributed by atoms with van der Waals surface area (Å²) in [7, 11) is 1.66. The van der Waals surface area contributed by atoms with E-state index in [1.807, 2.05) is 42.5 Å². The van der Waals surface area contributed by atoms with Gasteiger partial charge >= 0.3 is 0 Å². The minimum Gasteiger partial charge on any atom is -0.497 e. The van der Waals surface area contributed by atoms with Crippen LogP contribution in [0.4, 0.5) is 0 Å². The first-order valence-corrected chi connectivity index (χ1v) is 6.04. The maximum atomic E-state index is 5.81. The first kappa shape index (κ1) is 11.6. The van der Waals surface area contributed by atoms with E-state index >= 15 is 0 Å². The third-order valence-electron chi connectivity index (χ3n) is 2.97. The summed E-state index contributed by atoms with van der Waals surface area (Å²) in [6.45, 7) is 0.510. The number of ether oxygens (including phenoxy) is 2. The number of nitrogens with zero attached hydrogens (tertiary/aromatic N) is 1. The lowest BCUT2D eigenvalue weighted by atomic mass is 10.2. The molecule has 0 unspecified atom stereocenters. The molecule has 0 fully saturated rings. The monoisotopic (exact) mass is 254 g/mol. The molecule has 0 spiro atoms. The van der Waals surface area contributed by atoms with Crippen molar-refractivity contribution in [1.29, 1.82) is 0 Å². The highest BCUT2D eigenvalue weighted by atomic mass is 16.5. The van der Waals surface area contributed by atoms with Crippen molar-refractivity contribution in [2.75, 3.05) is 7.11 Å². The average Bonchev–Trinajstić information content (AvgIpc) is 2.94. The van der Waals surface area contributed by atoms with Gasteiger partial charge in [0.1, 0.15) is 23.6 Å². The van der Waals surface area contributed by atoms with E-state index < -0.39 is 0 Å². The van der Waals surface area contributed by atoms with Crippen molar-refractivity contribution in [3.8, 4) is 11.5 Å². The number of aromatic nitrogens is 2. The second kappa shape index (κ2) is 5.02. The van der Waals surface area contributed by atoms with Crippen LogP contribution in [0.25, 0.3) is 11.0 Å². The molecule has 1 heterocycles. The summed E-state index contributed by atoms with van der Waals surface area (Å²) in [4.78, 5) is 7.32. The van der Waals surface area contributed by atoms with Crippen molar-refractivity contribution in [1.82, 2.24) is 9.97 Å². The van der Waals surface area contributed by atoms with Gasteiger partial charge in [0, 0.05) is 0 Å². The smallest absolute Gasteiger partial charge is 0.147 e. The van der Waals surface area contributed by atoms with Crippen LogP contribution in [0.1, 0.15) is 5.56 Å². The van der Waals surface area contributed by atoms with Gasteiger partial charge in [-0.2, -0.15) is 0 Å². The molecule has 3 rings (SSSR count). The summed E-state index contributed by atoms with van der Waals surface area (Å²) in [5.41, 5.74) is 2.93. The number of rotatable bonds is 4. The molecule has 4 nitrogen and oxygen atoms in total. The van der Waals surface area contributed by atoms with Crippen LogP contribution in [-0.4, -0.2) is 17.1 Å². The van der Waals surface area contributed by atoms with Crippen LogP contribution in [0.5, 0.6) is 11.5 Å². The molecule has 0 bridgehead atoms. The van der Waals surface area contributed by atoms with Crippen molar-refractivity contribution < 1.29 is 9.47 Å². The van der Waals surface area contributed by atoms with Gasteiger partial charge in [0.25, 0.3) is 0 Å². The second-order valence-corrected chi connectivity index (χ2v) is 4.19. The zero-order valence-electron chi connectivity index (χ0n) is 10.6. The Bertz CT molecular complexity index is 674. The standard InChI is InChI=1S/C15H14N2O2/c1-18-12-7-5-11(6-8-12)9-19-14-4-2-3-13-15(14)17-10-16-13/h2-8,10H,9H2,1H3,(H,16,17). The van der Waals surface area contributed by atoms with Crippen molar-refractivity contribution in [2.45, 2.75) is 6.61 Å². The Morgan fingerprint density at radius 1 is 1.11 bits per heavy atom. The third kappa shape index (κ3) is 2.38. The van der Waals surface area contributed by atoms with Crippen LogP contribution in [0, 0.1) is 0 Å². The van der Waals surface area contributed by atoms with Gasteiger partial charge < -0.3 is 14.5 Å². The molecule has 0 aliphatic carbocycles. The average molecular weight is 254 g/mol. The van der Waals surface area contributed by atoms with Crippen molar-refractivity contribution in [3.63, 3.8) is 0 Å². The van der Waals surface area contributed by atoms with Crippen LogP contribution in [0.3, 0.4) is 0 Å². The molecular formula is C15H14N2O2. The van der Waals surface area contributed by atoms with Gasteiger partial charge in [-0.05, 0) is 29.8 Å². The fourth-order valence-corrected chi connectivity index (χ4v) is 1.94. The predicted octanol–water partition coefficient (Wildman–Crippen LogP) is 3.15. The van der Waals surface area contributed by atoms with E-state index in [0.717, 1.165) is 28.1 Å². The van der Waals surface area contributed by atoms with E-state index in [1.54, 1.807) is 13.4 Å². The molecule has 1 N–H and O–H groups in total. The van der Waals surface area contributed by atoms with E-state index in [9.17, 15) is 0 Å². The fraction of sp³-hybridized carbons (Fsp3) is 0.133. The number of nitrogens with one attached hydrogen (secondary N) is 1. The van der Waals surface area contributed by atoms with E-state index in [1.165, 1.54) is 0 Å². The number of H-pyrrole nitrogens is 1. The summed E-state index contributed by atoms with van der Waals surface area (Å²) in [5.74, 6) is 1.63. The van der Waals surface area contributed by atoms with Crippen molar-refractivity contribution in [3.05, 3.63) is 54.4 Å². The summed E-state index contributed by atoms with van der Waals surface area (Å²) in [5, 5.41) is 0. The van der Waals surface area contributed by atoms with Crippen LogP contribution in [0.15, 0.2) is 48.8 Å². The topological polar surface area (TPSA) is 47.1 Å². The minimum absolute atomic E-state index is 0.510. The van der Waals surface area contributed by atoms with Crippen molar-refractivity contribution in [2.24, 2.45) is 0 Å². The van der Waals surface area contributed by atoms with E-state index in [2.05, 4.69) is 9.97 Å². The normalized spacial score (nSPS) is 10.6. The molecule has 0 saturated carbocycles. The molecule has 4 heteroatoms. The summed E-state index contributed by atoms with van der Waals surface area (Å²) in [6.07, 6.45) is 1.67. The Morgan fingerprint density at radius 2 is 1.95 bits per heavy atom. The number of imidazole rings is 1. The SMILES string of the molecule is COc1ccc(COc2cccc3[nH]cnc23)cc1. The number of hydrogen-bond acceptors (Lipinski definition) is 3. The first-order valence-electron chi connectivity index (χ1n) is 6.04. The summed E-state index contributed by atoms with van der Waals surface area (Å²) in [6, 6.07) is 13.7. The van der Waals surface area contributed by atoms with E-state index in [0.29, 0.717) is 6.61 Å². The highest BCUT2D eigenvalue weighted by molar-refractivity contribution is 5.81. The number of fused-ring (bicyclic) bond motifs is 1. The van der Waals surface area contributed by atoms with Gasteiger partial charge in [0.05, 0.1) is 19.0 Å². The first-order chi connectivity index (χ1) is 9.36. The Morgan fingerprint density at radius 3 is 2.74 bits per heavy atom. The molecule has 3 aromatic rings. The van der Waals surface area contributed by atoms with Gasteiger partial charge in [-0.25, -0.2) is 4.98 Å². The lowest BCUT2D eigenvalue weighted by Crippen LogP contribution is -1.96. The lowest BCUT2D eigenvalue weighted by Gasteiger charge is -2.07. The number of aromatic amines is 1. The number of hydrogen-bond donors (Lipinski definition) is 1. The van der Waals surface area contributed by atoms with Crippen LogP contribution >= 0.6 is 0 Å². The highest BCUT2D eigenvalue weighted by Gasteiger charge is 2.04. The predicted molar refractivity (Wildman–Crippen MR) is 73.4 cm³/mol. The van der Waals surface area contributed by atoms with Gasteiger partial charge in [0.15, 0.2) is 0 Å². The Hall–Kier alpha value is -2.49. The molecule has 0 atom stereocenters. The zero-order valence-corrected chi connectivity index (χ0v) is 10.6. The van der Waals surface area contributed by atoms with Gasteiger partial charge in [-0.1, -0.05) is 18.2 Å². The minimum atomic E-state index is 0.510. The van der Waals surface area contributed by atoms with E-state index in [-0.39, 0.29) is 0 Å². The van der Waals surface area contributed by atoms with Crippen LogP contribution in [0.2, 0.25) is 0 Å². The molecule has 0 aliphatic rings. The van der Waals surface area contributed by atoms with Gasteiger partial charge in [-0.15, -0.1) is 0 Å². The highest BCUT2D eigenvalue weighted by Crippen LogP contribution is 2.23. The molecule has 19 heavy (non-hydrogen) atoms. The maximum Gasteiger partial charge on any atom is 0.147 e. The Kier molecular flexibility index (Phi) is 3.06. The van der Waals surface area contributed by atoms with Crippen LogP contribution < -0.4 is 9.47 Å². The zero-order chi connectivity index (χ0) is 13.1. The van der Waals surface area contributed by atoms with Gasteiger partial charge in [0.2, 0.25) is 0 Å². The fourth-order valence-electron chi connectivity index (χ4n) is 1.94. The van der Waals surface area contributed by atoms with E-state index in [4.69, 9.17) is 9.47 Å². The molecule has 96 valence electrons. The maximum absolute atomic E-state index is 5.81. The third-order valence-corrected chi connectivity index (χ3v) is 2.97. The quantitative estimate of drug-likeness (QED) is 0.778. The lowest BCUT2D eigenvalue weighted by molar-refractivity contribution is 0.309. The van der Waals surface area contributed by atoms with Gasteiger partial charge in [-0.3, -0.25) is 0 Å². The molecule has 0 aliphatic heterocycles. The Labute approximate surface area is 111 Å². The Balaban J connectivity index is 1.76. The summed E-state index contributed by atoms with van der Waals surface area (Å²) >= 11 is 0. The number of methoxy groups -OCH3 is 1. The molecule has 0 amide bonds. The number of benzene rings is 2. The molecule has 0 saturated heterocycles. The molecule has 2 aromatic carbocycles. The number of para-hydroxylation sites is 1. The van der Waals surface area contributed by atoms with Crippen molar-refractivity contribution >= 4 is 11.0 Å². The molecular weight excluding hydrogens is 240 g/mol. The largest absolute Gasteiger partial charge is 0.497 e. The summed E-state index contributed by atoms with van der Waals surface area (Å²) < 4.78 is 10.9.